The summed E-state index contributed by atoms with van der Waals surface area (Å²) in [7, 11) is -5.85. The molecule has 7 aliphatic rings. The minimum Gasteiger partial charge on any atom is -0.455 e. The van der Waals surface area contributed by atoms with Crippen molar-refractivity contribution < 1.29 is 69.4 Å². The van der Waals surface area contributed by atoms with Crippen molar-refractivity contribution >= 4 is 34.0 Å². The van der Waals surface area contributed by atoms with E-state index in [1.165, 1.54) is 6.42 Å². The van der Waals surface area contributed by atoms with Crippen LogP contribution in [0.5, 0.6) is 0 Å². The molecule has 0 amide bonds. The molecule has 3 saturated heterocycles. The highest BCUT2D eigenvalue weighted by Gasteiger charge is 2.72. The van der Waals surface area contributed by atoms with Gasteiger partial charge in [0.1, 0.15) is 24.0 Å². The minimum absolute atomic E-state index is 0.00208. The molecule has 45 heavy (non-hydrogen) atoms. The number of esters is 4. The first-order valence-corrected chi connectivity index (χ1v) is 16.9. The molecule has 8 unspecified atom stereocenters. The Morgan fingerprint density at radius 2 is 1.51 bits per heavy atom. The van der Waals surface area contributed by atoms with E-state index in [9.17, 15) is 36.4 Å². The number of alkyl halides is 2. The molecule has 1 N–H and O–H groups in total. The molecule has 3 heterocycles. The number of fused-ring (bicyclic) bond motifs is 1. The highest BCUT2D eigenvalue weighted by molar-refractivity contribution is 7.86. The van der Waals surface area contributed by atoms with Gasteiger partial charge in [-0.05, 0) is 62.7 Å². The molecule has 3 aliphatic heterocycles. The van der Waals surface area contributed by atoms with Gasteiger partial charge in [-0.15, -0.1) is 0 Å². The molecule has 8 atom stereocenters. The van der Waals surface area contributed by atoms with Crippen molar-refractivity contribution in [3.63, 3.8) is 0 Å². The predicted molar refractivity (Wildman–Crippen MR) is 143 cm³/mol. The number of hydrogen-bond acceptors (Lipinski definition) is 12. The van der Waals surface area contributed by atoms with Gasteiger partial charge in [-0.3, -0.25) is 23.7 Å². The van der Waals surface area contributed by atoms with Crippen LogP contribution in [0.25, 0.3) is 0 Å². The van der Waals surface area contributed by atoms with Crippen LogP contribution in [-0.4, -0.2) is 85.0 Å². The number of carbonyl (C=O) groups excluding carboxylic acids is 4. The molecular formula is C29H38F2O13S. The quantitative estimate of drug-likeness (QED) is 0.139. The van der Waals surface area contributed by atoms with Crippen molar-refractivity contribution in [2.45, 2.75) is 114 Å². The van der Waals surface area contributed by atoms with E-state index < -0.39 is 101 Å². The summed E-state index contributed by atoms with van der Waals surface area (Å²) in [4.78, 5) is 51.0. The Hall–Kier alpha value is -2.43. The standard InChI is InChI=1S/C29H38F2O13S/c1-11(2)28(43-21-15-7-13-6-14(9-15)10-16(21)8-13)44-27(35)20-19-23-25(42-26(19)34)24(22(20)41-23)40-18(33)5-4-17(32)39-12(3)29(30,31)45(36,37)38/h11-16,19-25,28H,4-10H2,1-3H3,(H,36,37,38). The van der Waals surface area contributed by atoms with E-state index in [0.717, 1.165) is 37.5 Å². The Labute approximate surface area is 258 Å². The van der Waals surface area contributed by atoms with E-state index in [1.54, 1.807) is 0 Å². The fourth-order valence-electron chi connectivity index (χ4n) is 8.45. The maximum atomic E-state index is 13.7. The fourth-order valence-corrected chi connectivity index (χ4v) is 8.92. The van der Waals surface area contributed by atoms with Crippen molar-refractivity contribution in [1.29, 1.82) is 0 Å². The first-order chi connectivity index (χ1) is 21.0. The largest absolute Gasteiger partial charge is 0.455 e. The lowest BCUT2D eigenvalue weighted by atomic mass is 9.55. The normalized spacial score (nSPS) is 39.1. The molecule has 4 saturated carbocycles. The summed E-state index contributed by atoms with van der Waals surface area (Å²) in [6.45, 7) is 4.33. The van der Waals surface area contributed by atoms with Crippen LogP contribution >= 0.6 is 0 Å². The van der Waals surface area contributed by atoms with E-state index in [0.29, 0.717) is 18.8 Å². The summed E-state index contributed by atoms with van der Waals surface area (Å²) in [6.07, 6.45) is -3.14. The molecule has 7 rings (SSSR count). The summed E-state index contributed by atoms with van der Waals surface area (Å²) in [5.41, 5.74) is 0. The van der Waals surface area contributed by atoms with Gasteiger partial charge in [-0.25, -0.2) is 0 Å². The van der Waals surface area contributed by atoms with Crippen LogP contribution in [0.4, 0.5) is 8.78 Å². The van der Waals surface area contributed by atoms with Crippen LogP contribution in [0.2, 0.25) is 0 Å². The van der Waals surface area contributed by atoms with Crippen LogP contribution in [0.15, 0.2) is 0 Å². The Kier molecular flexibility index (Phi) is 8.43. The van der Waals surface area contributed by atoms with Crippen LogP contribution in [0.3, 0.4) is 0 Å². The number of halogens is 2. The molecule has 0 aromatic rings. The second-order valence-electron chi connectivity index (χ2n) is 13.7. The predicted octanol–water partition coefficient (Wildman–Crippen LogP) is 2.40. The number of ether oxygens (including phenoxy) is 6. The lowest BCUT2D eigenvalue weighted by molar-refractivity contribution is -0.240. The van der Waals surface area contributed by atoms with Gasteiger partial charge in [-0.1, -0.05) is 13.8 Å². The molecule has 13 nitrogen and oxygen atoms in total. The van der Waals surface area contributed by atoms with Gasteiger partial charge >= 0.3 is 39.2 Å². The van der Waals surface area contributed by atoms with Crippen molar-refractivity contribution in [2.24, 2.45) is 41.4 Å². The average molecular weight is 665 g/mol. The van der Waals surface area contributed by atoms with Gasteiger partial charge in [0.15, 0.2) is 18.3 Å². The number of carbonyl (C=O) groups is 4. The summed E-state index contributed by atoms with van der Waals surface area (Å²) in [5, 5.41) is -4.76. The van der Waals surface area contributed by atoms with Gasteiger partial charge in [0.25, 0.3) is 0 Å². The number of rotatable bonds is 12. The first-order valence-electron chi connectivity index (χ1n) is 15.5. The zero-order chi connectivity index (χ0) is 32.6. The zero-order valence-electron chi connectivity index (χ0n) is 25.0. The molecule has 0 aromatic carbocycles. The molecule has 16 heteroatoms. The molecule has 252 valence electrons. The van der Waals surface area contributed by atoms with E-state index in [4.69, 9.17) is 28.2 Å². The van der Waals surface area contributed by atoms with E-state index in [2.05, 4.69) is 4.74 Å². The summed E-state index contributed by atoms with van der Waals surface area (Å²) < 4.78 is 91.1. The van der Waals surface area contributed by atoms with Crippen LogP contribution in [0, 0.1) is 41.4 Å². The van der Waals surface area contributed by atoms with Gasteiger partial charge in [-0.2, -0.15) is 17.2 Å². The lowest BCUT2D eigenvalue weighted by Crippen LogP contribution is -2.52. The summed E-state index contributed by atoms with van der Waals surface area (Å²) >= 11 is 0. The maximum Gasteiger partial charge on any atom is 0.405 e. The molecule has 6 bridgehead atoms. The lowest BCUT2D eigenvalue weighted by Gasteiger charge is -2.54. The smallest absolute Gasteiger partial charge is 0.405 e. The molecule has 4 aliphatic carbocycles. The molecule has 0 radical (unpaired) electrons. The minimum atomic E-state index is -5.85. The Bertz CT molecular complexity index is 1310. The van der Waals surface area contributed by atoms with Gasteiger partial charge in [0, 0.05) is 5.92 Å². The monoisotopic (exact) mass is 664 g/mol. The molecule has 0 spiro atoms. The topological polar surface area (TPSA) is 178 Å². The van der Waals surface area contributed by atoms with Crippen molar-refractivity contribution in [3.8, 4) is 0 Å². The van der Waals surface area contributed by atoms with Crippen molar-refractivity contribution in [1.82, 2.24) is 0 Å². The third-order valence-electron chi connectivity index (χ3n) is 10.3. The van der Waals surface area contributed by atoms with Gasteiger partial charge in [0.2, 0.25) is 6.29 Å². The third-order valence-corrected chi connectivity index (χ3v) is 11.3. The Morgan fingerprint density at radius 1 is 0.911 bits per heavy atom. The molecule has 0 aromatic heterocycles. The SMILES string of the molecule is CC(C)C(OC(=O)C1C2OC3C(OC(=O)C31)C2OC(=O)CCC(=O)OC(C)C(F)(F)S(=O)(=O)O)OC1C2CC3CC(C2)CC1C3. The Balaban J connectivity index is 1.06. The summed E-state index contributed by atoms with van der Waals surface area (Å²) in [5.74, 6) is -3.68. The maximum absolute atomic E-state index is 13.7. The van der Waals surface area contributed by atoms with E-state index >= 15 is 0 Å². The first kappa shape index (κ1) is 32.5. The average Bonchev–Trinajstić information content (AvgIpc) is 3.56. The van der Waals surface area contributed by atoms with Crippen LogP contribution < -0.4 is 0 Å². The Morgan fingerprint density at radius 3 is 2.09 bits per heavy atom. The van der Waals surface area contributed by atoms with Crippen LogP contribution in [0.1, 0.15) is 65.7 Å². The van der Waals surface area contributed by atoms with E-state index in [-0.39, 0.29) is 12.0 Å². The van der Waals surface area contributed by atoms with Gasteiger partial charge < -0.3 is 28.4 Å². The molecule has 7 fully saturated rings. The highest BCUT2D eigenvalue weighted by atomic mass is 32.2. The molecular weight excluding hydrogens is 626 g/mol. The van der Waals surface area contributed by atoms with E-state index in [1.807, 2.05) is 13.8 Å². The van der Waals surface area contributed by atoms with Crippen LogP contribution in [-0.2, 0) is 57.7 Å². The van der Waals surface area contributed by atoms with Gasteiger partial charge in [0.05, 0.1) is 18.9 Å². The second kappa shape index (κ2) is 11.7. The zero-order valence-corrected chi connectivity index (χ0v) is 25.9. The highest BCUT2D eigenvalue weighted by Crippen LogP contribution is 2.55. The third kappa shape index (κ3) is 5.84. The van der Waals surface area contributed by atoms with Crippen molar-refractivity contribution in [3.05, 3.63) is 0 Å². The second-order valence-corrected chi connectivity index (χ2v) is 15.2. The number of hydrogen-bond donors (Lipinski definition) is 1. The fraction of sp³-hybridized carbons (Fsp3) is 0.862. The van der Waals surface area contributed by atoms with Crippen molar-refractivity contribution in [2.75, 3.05) is 0 Å². The summed E-state index contributed by atoms with van der Waals surface area (Å²) in [6, 6.07) is 0.